The molecule has 2 heterocycles. The van der Waals surface area contributed by atoms with Crippen LogP contribution in [-0.4, -0.2) is 33.8 Å². The summed E-state index contributed by atoms with van der Waals surface area (Å²) in [6, 6.07) is 27.9. The van der Waals surface area contributed by atoms with Crippen LogP contribution in [0.4, 0.5) is 5.69 Å². The summed E-state index contributed by atoms with van der Waals surface area (Å²) in [5, 5.41) is 13.3. The molecule has 0 bridgehead atoms. The molecule has 0 aliphatic carbocycles. The first-order valence-corrected chi connectivity index (χ1v) is 13.9. The van der Waals surface area contributed by atoms with Crippen LogP contribution in [0, 0.1) is 6.92 Å². The zero-order valence-corrected chi connectivity index (χ0v) is 23.3. The van der Waals surface area contributed by atoms with Gasteiger partial charge >= 0.3 is 5.97 Å². The standard InChI is InChI=1S/C34H36N2O4/c1-22(2)32-31(34(39)35-26-12-8-5-9-13-26)30(24-10-6-4-7-11-24)33(25-16-14-23(3)15-17-25)36(32)19-18-28-20-27(37)21-29(38)40-28/h4-17,22,27-28,37H,18-21H2,1-3H3,(H,35,39)/t27-,28-/m1/s1. The van der Waals surface area contributed by atoms with Crippen LogP contribution < -0.4 is 5.32 Å². The number of hydrogen-bond donors (Lipinski definition) is 2. The highest BCUT2D eigenvalue weighted by Gasteiger charge is 2.32. The molecule has 40 heavy (non-hydrogen) atoms. The number of aromatic nitrogens is 1. The van der Waals surface area contributed by atoms with E-state index < -0.39 is 6.10 Å². The number of carbonyl (C=O) groups excluding carboxylic acids is 2. The Morgan fingerprint density at radius 1 is 0.975 bits per heavy atom. The van der Waals surface area contributed by atoms with Gasteiger partial charge in [0.2, 0.25) is 0 Å². The van der Waals surface area contributed by atoms with Crippen molar-refractivity contribution in [2.45, 2.75) is 64.7 Å². The van der Waals surface area contributed by atoms with Crippen molar-refractivity contribution < 1.29 is 19.4 Å². The molecule has 5 rings (SSSR count). The van der Waals surface area contributed by atoms with Crippen molar-refractivity contribution >= 4 is 17.6 Å². The van der Waals surface area contributed by atoms with Gasteiger partial charge in [-0.15, -0.1) is 0 Å². The lowest BCUT2D eigenvalue weighted by Crippen LogP contribution is -2.33. The summed E-state index contributed by atoms with van der Waals surface area (Å²) in [4.78, 5) is 26.2. The number of aliphatic hydroxyl groups excluding tert-OH is 1. The van der Waals surface area contributed by atoms with Gasteiger partial charge in [-0.2, -0.15) is 0 Å². The van der Waals surface area contributed by atoms with Gasteiger partial charge in [-0.1, -0.05) is 92.2 Å². The molecule has 0 saturated carbocycles. The fraction of sp³-hybridized carbons (Fsp3) is 0.294. The van der Waals surface area contributed by atoms with Crippen molar-refractivity contribution in [1.29, 1.82) is 0 Å². The largest absolute Gasteiger partial charge is 0.462 e. The average molecular weight is 537 g/mol. The molecule has 1 fully saturated rings. The molecule has 1 amide bonds. The number of nitrogens with one attached hydrogen (secondary N) is 1. The lowest BCUT2D eigenvalue weighted by Gasteiger charge is -2.27. The van der Waals surface area contributed by atoms with Crippen molar-refractivity contribution in [3.05, 3.63) is 102 Å². The van der Waals surface area contributed by atoms with Gasteiger partial charge in [0.1, 0.15) is 6.10 Å². The summed E-state index contributed by atoms with van der Waals surface area (Å²) >= 11 is 0. The third-order valence-electron chi connectivity index (χ3n) is 7.41. The van der Waals surface area contributed by atoms with E-state index in [2.05, 4.69) is 54.9 Å². The van der Waals surface area contributed by atoms with E-state index in [0.29, 0.717) is 24.9 Å². The van der Waals surface area contributed by atoms with E-state index in [9.17, 15) is 14.7 Å². The van der Waals surface area contributed by atoms with Crippen molar-refractivity contribution in [2.24, 2.45) is 0 Å². The number of amides is 1. The number of rotatable bonds is 8. The van der Waals surface area contributed by atoms with Crippen molar-refractivity contribution in [3.63, 3.8) is 0 Å². The number of nitrogens with zero attached hydrogens (tertiary/aromatic N) is 1. The van der Waals surface area contributed by atoms with Crippen LogP contribution in [-0.2, 0) is 16.1 Å². The molecule has 3 aromatic carbocycles. The summed E-state index contributed by atoms with van der Waals surface area (Å²) in [5.74, 6) is -0.509. The fourth-order valence-electron chi connectivity index (χ4n) is 5.62. The second kappa shape index (κ2) is 11.9. The molecule has 2 atom stereocenters. The van der Waals surface area contributed by atoms with Gasteiger partial charge in [-0.05, 0) is 36.1 Å². The van der Waals surface area contributed by atoms with Gasteiger partial charge in [0.15, 0.2) is 0 Å². The SMILES string of the molecule is Cc1ccc(-c2c(-c3ccccc3)c(C(=O)Nc3ccccc3)c(C(C)C)n2CC[C@@H]2C[C@@H](O)CC(=O)O2)cc1. The minimum Gasteiger partial charge on any atom is -0.462 e. The summed E-state index contributed by atoms with van der Waals surface area (Å²) in [6.07, 6.45) is -0.0929. The maximum atomic E-state index is 14.1. The molecule has 6 nitrogen and oxygen atoms in total. The second-order valence-corrected chi connectivity index (χ2v) is 10.8. The van der Waals surface area contributed by atoms with Crippen LogP contribution in [0.5, 0.6) is 0 Å². The van der Waals surface area contributed by atoms with E-state index in [-0.39, 0.29) is 30.3 Å². The van der Waals surface area contributed by atoms with Crippen LogP contribution in [0.3, 0.4) is 0 Å². The predicted octanol–water partition coefficient (Wildman–Crippen LogP) is 6.96. The van der Waals surface area contributed by atoms with Gasteiger partial charge in [-0.3, -0.25) is 9.59 Å². The number of ether oxygens (including phenoxy) is 1. The lowest BCUT2D eigenvalue weighted by atomic mass is 9.94. The highest BCUT2D eigenvalue weighted by atomic mass is 16.5. The molecule has 1 aromatic heterocycles. The normalized spacial score (nSPS) is 17.1. The Balaban J connectivity index is 1.71. The molecule has 4 aromatic rings. The number of aryl methyl sites for hydroxylation is 1. The molecule has 6 heteroatoms. The molecule has 0 spiro atoms. The number of esters is 1. The molecule has 206 valence electrons. The fourth-order valence-corrected chi connectivity index (χ4v) is 5.62. The van der Waals surface area contributed by atoms with Gasteiger partial charge in [0.25, 0.3) is 5.91 Å². The van der Waals surface area contributed by atoms with E-state index >= 15 is 0 Å². The third kappa shape index (κ3) is 5.87. The summed E-state index contributed by atoms with van der Waals surface area (Å²) in [6.45, 7) is 6.79. The first-order chi connectivity index (χ1) is 19.3. The second-order valence-electron chi connectivity index (χ2n) is 10.8. The number of hydrogen-bond acceptors (Lipinski definition) is 4. The first-order valence-electron chi connectivity index (χ1n) is 13.9. The Hall–Kier alpha value is -4.16. The molecular formula is C34H36N2O4. The molecule has 0 unspecified atom stereocenters. The first kappa shape index (κ1) is 27.4. The quantitative estimate of drug-likeness (QED) is 0.239. The Bertz CT molecular complexity index is 1470. The van der Waals surface area contributed by atoms with E-state index in [0.717, 1.165) is 39.3 Å². The Labute approximate surface area is 235 Å². The zero-order valence-electron chi connectivity index (χ0n) is 23.3. The Morgan fingerprint density at radius 3 is 2.25 bits per heavy atom. The van der Waals surface area contributed by atoms with E-state index in [4.69, 9.17) is 4.74 Å². The molecular weight excluding hydrogens is 500 g/mol. The maximum Gasteiger partial charge on any atom is 0.308 e. The van der Waals surface area contributed by atoms with Gasteiger partial charge in [0, 0.05) is 36.3 Å². The highest BCUT2D eigenvalue weighted by molar-refractivity contribution is 6.12. The summed E-state index contributed by atoms with van der Waals surface area (Å²) in [5.41, 5.74) is 7.23. The number of cyclic esters (lactones) is 1. The van der Waals surface area contributed by atoms with E-state index in [1.54, 1.807) is 0 Å². The number of aliphatic hydroxyl groups is 1. The number of para-hydroxylation sites is 1. The highest BCUT2D eigenvalue weighted by Crippen LogP contribution is 2.43. The summed E-state index contributed by atoms with van der Waals surface area (Å²) in [7, 11) is 0. The molecule has 1 aliphatic heterocycles. The van der Waals surface area contributed by atoms with Crippen LogP contribution in [0.1, 0.15) is 60.6 Å². The number of anilines is 1. The lowest BCUT2D eigenvalue weighted by molar-refractivity contribution is -0.160. The van der Waals surface area contributed by atoms with Crippen LogP contribution >= 0.6 is 0 Å². The van der Waals surface area contributed by atoms with E-state index in [1.165, 1.54) is 0 Å². The molecule has 0 radical (unpaired) electrons. The van der Waals surface area contributed by atoms with E-state index in [1.807, 2.05) is 60.7 Å². The average Bonchev–Trinajstić information content (AvgIpc) is 3.28. The van der Waals surface area contributed by atoms with Gasteiger partial charge in [-0.25, -0.2) is 0 Å². The van der Waals surface area contributed by atoms with Crippen LogP contribution in [0.15, 0.2) is 84.9 Å². The predicted molar refractivity (Wildman–Crippen MR) is 158 cm³/mol. The molecule has 1 aliphatic rings. The summed E-state index contributed by atoms with van der Waals surface area (Å²) < 4.78 is 7.83. The molecule has 1 saturated heterocycles. The van der Waals surface area contributed by atoms with Crippen molar-refractivity contribution in [2.75, 3.05) is 5.32 Å². The number of benzene rings is 3. The monoisotopic (exact) mass is 536 g/mol. The maximum absolute atomic E-state index is 14.1. The zero-order chi connectivity index (χ0) is 28.2. The Kier molecular flexibility index (Phi) is 8.17. The van der Waals surface area contributed by atoms with Crippen LogP contribution in [0.25, 0.3) is 22.4 Å². The smallest absolute Gasteiger partial charge is 0.308 e. The van der Waals surface area contributed by atoms with Crippen molar-refractivity contribution in [1.82, 2.24) is 4.57 Å². The Morgan fingerprint density at radius 2 is 1.62 bits per heavy atom. The van der Waals surface area contributed by atoms with Crippen molar-refractivity contribution in [3.8, 4) is 22.4 Å². The minimum absolute atomic E-state index is 0.0256. The minimum atomic E-state index is -0.691. The van der Waals surface area contributed by atoms with Crippen LogP contribution in [0.2, 0.25) is 0 Å². The molecule has 2 N–H and O–H groups in total. The topological polar surface area (TPSA) is 80.6 Å². The van der Waals surface area contributed by atoms with Gasteiger partial charge in [0.05, 0.1) is 23.8 Å². The number of carbonyl (C=O) groups is 2. The third-order valence-corrected chi connectivity index (χ3v) is 7.41. The van der Waals surface area contributed by atoms with Gasteiger partial charge < -0.3 is 19.7 Å².